The number of amides is 6. The van der Waals surface area contributed by atoms with Crippen LogP contribution >= 0.6 is 0 Å². The number of hydroxylamine groups is 1. The highest BCUT2D eigenvalue weighted by molar-refractivity contribution is 5.97. The predicted octanol–water partition coefficient (Wildman–Crippen LogP) is -0.819. The van der Waals surface area contributed by atoms with Crippen LogP contribution in [-0.4, -0.2) is 107 Å². The van der Waals surface area contributed by atoms with E-state index >= 15 is 0 Å². The second kappa shape index (κ2) is 21.3. The molecule has 19 nitrogen and oxygen atoms in total. The van der Waals surface area contributed by atoms with Crippen molar-refractivity contribution in [1.82, 2.24) is 21.3 Å². The molecule has 5 atom stereocenters. The van der Waals surface area contributed by atoms with Crippen LogP contribution in [0.1, 0.15) is 57.6 Å². The molecule has 0 saturated heterocycles. The number of nitrogens with one attached hydrogen (secondary N) is 4. The van der Waals surface area contributed by atoms with Crippen LogP contribution < -0.4 is 42.2 Å². The fourth-order valence-corrected chi connectivity index (χ4v) is 5.21. The van der Waals surface area contributed by atoms with E-state index in [1.54, 1.807) is 32.0 Å². The second-order valence-electron chi connectivity index (χ2n) is 13.0. The van der Waals surface area contributed by atoms with Crippen molar-refractivity contribution in [2.24, 2.45) is 17.4 Å². The van der Waals surface area contributed by atoms with Gasteiger partial charge in [0.05, 0.1) is 20.6 Å². The first-order valence-corrected chi connectivity index (χ1v) is 17.2. The van der Waals surface area contributed by atoms with Gasteiger partial charge in [-0.3, -0.25) is 33.6 Å². The summed E-state index contributed by atoms with van der Waals surface area (Å²) in [5.41, 5.74) is 11.1. The topological polar surface area (TPSA) is 305 Å². The lowest BCUT2D eigenvalue weighted by Crippen LogP contribution is -2.59. The number of nitrogens with two attached hydrogens (primary N) is 2. The Morgan fingerprint density at radius 1 is 0.800 bits per heavy atom. The van der Waals surface area contributed by atoms with Crippen LogP contribution in [0, 0.1) is 11.1 Å². The molecule has 2 aromatic carbocycles. The summed E-state index contributed by atoms with van der Waals surface area (Å²) in [6.07, 6.45) is -0.842. The maximum absolute atomic E-state index is 13.8. The van der Waals surface area contributed by atoms with Gasteiger partial charge in [-0.1, -0.05) is 32.0 Å². The number of aliphatic carboxylic acids is 1. The molecule has 0 saturated carbocycles. The number of carboxylic acid groups (broad SMARTS) is 1. The average Bonchev–Trinajstić information content (AvgIpc) is 3.11. The number of aromatic hydroxyl groups is 1. The number of carbonyl (C=O) groups is 7. The summed E-state index contributed by atoms with van der Waals surface area (Å²) in [5.74, 6) is -7.00. The molecule has 0 radical (unpaired) electrons. The molecule has 0 aliphatic heterocycles. The van der Waals surface area contributed by atoms with Gasteiger partial charge < -0.3 is 57.6 Å². The SMILES string of the molecule is COc1cccc(OC)c1/C=[N+](\[O-])[C@@H](CC(C)C)C(=O)N[C@@H](CC(=O)O)C(=O)N[C@@H](Cc1ccc(O)cc1)C(=O)N[C@@H](CCC(N)=O)C(=O)N[C@@H](C)C(N)=O. The summed E-state index contributed by atoms with van der Waals surface area (Å²) in [6.45, 7) is 4.79. The molecule has 0 aromatic heterocycles. The smallest absolute Gasteiger partial charge is 0.305 e. The van der Waals surface area contributed by atoms with E-state index in [2.05, 4.69) is 21.3 Å². The Hall–Kier alpha value is -6.40. The van der Waals surface area contributed by atoms with Crippen LogP contribution in [0.25, 0.3) is 0 Å². The molecule has 2 aromatic rings. The van der Waals surface area contributed by atoms with Crippen molar-refractivity contribution in [2.45, 2.75) is 83.1 Å². The van der Waals surface area contributed by atoms with Gasteiger partial charge in [-0.15, -0.1) is 0 Å². The van der Waals surface area contributed by atoms with E-state index in [-0.39, 0.29) is 54.4 Å². The standard InChI is InChI=1S/C36H49N7O12/c1-19(2)15-27(43(53)18-23-28(54-4)7-6-8-29(23)55-5)36(52)42-26(17-31(46)47)35(51)41-25(16-21-9-11-22(44)12-10-21)34(50)40-24(13-14-30(37)45)33(49)39-20(3)32(38)48/h6-12,18-20,24-27,44H,13-17H2,1-5H3,(H2,37,45)(H2,38,48)(H,39,49)(H,40,50)(H,41,51)(H,42,52)(H,46,47)/b43-18-/t20-,24-,25-,26-,27-/m0/s1. The number of phenols is 1. The van der Waals surface area contributed by atoms with Crippen LogP contribution in [0.3, 0.4) is 0 Å². The normalized spacial score (nSPS) is 14.0. The lowest BCUT2D eigenvalue weighted by Gasteiger charge is -2.26. The molecule has 19 heteroatoms. The molecule has 55 heavy (non-hydrogen) atoms. The number of rotatable bonds is 22. The summed E-state index contributed by atoms with van der Waals surface area (Å²) in [6, 6.07) is 2.86. The summed E-state index contributed by atoms with van der Waals surface area (Å²) < 4.78 is 11.0. The third-order valence-corrected chi connectivity index (χ3v) is 8.15. The third kappa shape index (κ3) is 14.5. The summed E-state index contributed by atoms with van der Waals surface area (Å²) in [7, 11) is 2.76. The molecular weight excluding hydrogens is 722 g/mol. The Morgan fingerprint density at radius 2 is 1.33 bits per heavy atom. The molecule has 2 rings (SSSR count). The molecule has 300 valence electrons. The summed E-state index contributed by atoms with van der Waals surface area (Å²) in [5, 5.41) is 42.5. The van der Waals surface area contributed by atoms with Crippen molar-refractivity contribution in [3.05, 3.63) is 58.8 Å². The van der Waals surface area contributed by atoms with Gasteiger partial charge in [0.2, 0.25) is 35.6 Å². The van der Waals surface area contributed by atoms with E-state index in [1.165, 1.54) is 45.4 Å². The van der Waals surface area contributed by atoms with Crippen LogP contribution in [0.15, 0.2) is 42.5 Å². The molecule has 6 amide bonds. The first kappa shape index (κ1) is 44.8. The highest BCUT2D eigenvalue weighted by Gasteiger charge is 2.35. The monoisotopic (exact) mass is 771 g/mol. The Morgan fingerprint density at radius 3 is 1.84 bits per heavy atom. The zero-order valence-electron chi connectivity index (χ0n) is 31.2. The minimum Gasteiger partial charge on any atom is -0.623 e. The van der Waals surface area contributed by atoms with E-state index in [0.717, 1.165) is 6.21 Å². The molecule has 10 N–H and O–H groups in total. The van der Waals surface area contributed by atoms with Gasteiger partial charge in [0.15, 0.2) is 6.21 Å². The Labute approximate surface area is 317 Å². The van der Waals surface area contributed by atoms with Crippen molar-refractivity contribution in [2.75, 3.05) is 14.2 Å². The van der Waals surface area contributed by atoms with Crippen molar-refractivity contribution in [3.8, 4) is 17.2 Å². The van der Waals surface area contributed by atoms with Crippen molar-refractivity contribution >= 4 is 47.6 Å². The predicted molar refractivity (Wildman–Crippen MR) is 197 cm³/mol. The summed E-state index contributed by atoms with van der Waals surface area (Å²) in [4.78, 5) is 89.3. The van der Waals surface area contributed by atoms with Crippen LogP contribution in [0.5, 0.6) is 17.2 Å². The maximum atomic E-state index is 13.8. The van der Waals surface area contributed by atoms with Crippen LogP contribution in [-0.2, 0) is 40.0 Å². The Bertz CT molecular complexity index is 1710. The first-order valence-electron chi connectivity index (χ1n) is 17.2. The largest absolute Gasteiger partial charge is 0.623 e. The number of carboxylic acids is 1. The van der Waals surface area contributed by atoms with Crippen LogP contribution in [0.4, 0.5) is 0 Å². The number of methoxy groups -OCH3 is 2. The molecular formula is C36H49N7O12. The highest BCUT2D eigenvalue weighted by Crippen LogP contribution is 2.26. The van der Waals surface area contributed by atoms with Gasteiger partial charge >= 0.3 is 5.97 Å². The maximum Gasteiger partial charge on any atom is 0.305 e. The number of primary amides is 2. The van der Waals surface area contributed by atoms with E-state index in [0.29, 0.717) is 10.3 Å². The molecule has 0 aliphatic rings. The fraction of sp³-hybridized carbons (Fsp3) is 0.444. The number of ether oxygens (including phenoxy) is 2. The molecule has 0 bridgehead atoms. The zero-order chi connectivity index (χ0) is 41.4. The van der Waals surface area contributed by atoms with E-state index in [4.69, 9.17) is 20.9 Å². The zero-order valence-corrected chi connectivity index (χ0v) is 31.2. The first-order chi connectivity index (χ1) is 25.9. The van der Waals surface area contributed by atoms with Gasteiger partial charge in [0.25, 0.3) is 5.91 Å². The van der Waals surface area contributed by atoms with Gasteiger partial charge in [-0.25, -0.2) is 0 Å². The van der Waals surface area contributed by atoms with Gasteiger partial charge in [0.1, 0.15) is 47.0 Å². The molecule has 0 unspecified atom stereocenters. The van der Waals surface area contributed by atoms with E-state index in [9.17, 15) is 49.0 Å². The van der Waals surface area contributed by atoms with Gasteiger partial charge in [0, 0.05) is 19.3 Å². The molecule has 0 spiro atoms. The van der Waals surface area contributed by atoms with Gasteiger partial charge in [-0.05, 0) is 49.1 Å². The average molecular weight is 772 g/mol. The lowest BCUT2D eigenvalue weighted by atomic mass is 10.0. The quantitative estimate of drug-likeness (QED) is 0.0315. The number of nitrogens with zero attached hydrogens (tertiary/aromatic N) is 1. The highest BCUT2D eigenvalue weighted by atomic mass is 16.5. The number of phenolic OH excluding ortho intramolecular Hbond substituents is 1. The van der Waals surface area contributed by atoms with E-state index in [1.807, 2.05) is 0 Å². The lowest BCUT2D eigenvalue weighted by molar-refractivity contribution is -0.483. The van der Waals surface area contributed by atoms with Crippen molar-refractivity contribution in [3.63, 3.8) is 0 Å². The van der Waals surface area contributed by atoms with Crippen molar-refractivity contribution < 1.29 is 58.0 Å². The third-order valence-electron chi connectivity index (χ3n) is 8.15. The number of benzene rings is 2. The number of hydrogen-bond donors (Lipinski definition) is 8. The number of carbonyl (C=O) groups excluding carboxylic acids is 6. The number of hydrogen-bond acceptors (Lipinski definition) is 11. The molecule has 0 fully saturated rings. The van der Waals surface area contributed by atoms with Crippen LogP contribution in [0.2, 0.25) is 0 Å². The second-order valence-corrected chi connectivity index (χ2v) is 13.0. The fourth-order valence-electron chi connectivity index (χ4n) is 5.21. The minimum atomic E-state index is -1.81. The molecule has 0 aliphatic carbocycles. The Balaban J connectivity index is 2.49. The van der Waals surface area contributed by atoms with Crippen molar-refractivity contribution in [1.29, 1.82) is 0 Å². The van der Waals surface area contributed by atoms with E-state index < -0.39 is 78.0 Å². The minimum absolute atomic E-state index is 0.0281. The molecule has 0 heterocycles. The van der Waals surface area contributed by atoms with Gasteiger partial charge in [-0.2, -0.15) is 4.74 Å². The summed E-state index contributed by atoms with van der Waals surface area (Å²) >= 11 is 0. The Kier molecular flexibility index (Phi) is 17.4.